The fourth-order valence-corrected chi connectivity index (χ4v) is 7.32. The molecule has 10 rings (SSSR count). The summed E-state index contributed by atoms with van der Waals surface area (Å²) in [4.78, 5) is 0. The van der Waals surface area contributed by atoms with Crippen LogP contribution in [0.4, 0.5) is 0 Å². The van der Waals surface area contributed by atoms with Gasteiger partial charge in [0.05, 0.1) is 17.8 Å². The Labute approximate surface area is 308 Å². The third-order valence-corrected chi connectivity index (χ3v) is 9.48. The van der Waals surface area contributed by atoms with Gasteiger partial charge in [-0.1, -0.05) is 182 Å². The minimum absolute atomic E-state index is 0.0198. The summed E-state index contributed by atoms with van der Waals surface area (Å²) in [6, 6.07) is 25.9. The number of furan rings is 1. The summed E-state index contributed by atoms with van der Waals surface area (Å²) in [7, 11) is 0. The fraction of sp³-hybridized carbons (Fsp3) is 0.0204. The zero-order valence-electron chi connectivity index (χ0n) is 39.4. The Balaban J connectivity index is 1.33. The lowest BCUT2D eigenvalue weighted by atomic mass is 9.84. The van der Waals surface area contributed by atoms with Crippen LogP contribution >= 0.6 is 0 Å². The molecule has 0 atom stereocenters. The second kappa shape index (κ2) is 11.6. The lowest BCUT2D eigenvalue weighted by Gasteiger charge is -2.19. The number of para-hydroxylation sites is 2. The molecule has 0 fully saturated rings. The zero-order chi connectivity index (χ0) is 44.3. The molecule has 0 saturated heterocycles. The third kappa shape index (κ3) is 4.48. The summed E-state index contributed by atoms with van der Waals surface area (Å²) < 4.78 is 122. The SMILES string of the molecule is [2H]c1c([2H])c([2H])c(Cc2c3c([2H])c([2H])c([2H])c([2H])c3c(-c3ccc(-c4cccc5c4oc4c(-c6ccccc6)cccc45)c4ccccc34)c3c([2H])c([2H])c([2H])c([2H])c23)c([2H])c1[2H]. The van der Waals surface area contributed by atoms with E-state index in [9.17, 15) is 5.48 Å². The zero-order valence-corrected chi connectivity index (χ0v) is 26.4. The molecule has 1 nitrogen and oxygen atoms in total. The normalized spacial score (nSPS) is 15.3. The Kier molecular flexibility index (Phi) is 4.26. The van der Waals surface area contributed by atoms with E-state index in [2.05, 4.69) is 0 Å². The highest BCUT2D eigenvalue weighted by Crippen LogP contribution is 2.46. The summed E-state index contributed by atoms with van der Waals surface area (Å²) in [6.45, 7) is 0. The van der Waals surface area contributed by atoms with Gasteiger partial charge in [0.15, 0.2) is 0 Å². The first-order valence-electron chi connectivity index (χ1n) is 22.8. The average Bonchev–Trinajstić information content (AvgIpc) is 3.70. The van der Waals surface area contributed by atoms with Gasteiger partial charge >= 0.3 is 0 Å². The van der Waals surface area contributed by atoms with Crippen LogP contribution in [0.15, 0.2) is 186 Å². The van der Waals surface area contributed by atoms with Gasteiger partial charge in [-0.3, -0.25) is 0 Å². The number of fused-ring (bicyclic) bond motifs is 6. The van der Waals surface area contributed by atoms with Crippen LogP contribution in [0.25, 0.3) is 87.6 Å². The quantitative estimate of drug-likeness (QED) is 0.169. The minimum Gasteiger partial charge on any atom is -0.455 e. The van der Waals surface area contributed by atoms with Crippen molar-refractivity contribution < 1.29 is 22.2 Å². The van der Waals surface area contributed by atoms with E-state index in [-0.39, 0.29) is 38.2 Å². The third-order valence-electron chi connectivity index (χ3n) is 9.48. The van der Waals surface area contributed by atoms with Crippen molar-refractivity contribution in [3.8, 4) is 33.4 Å². The Morgan fingerprint density at radius 1 is 0.380 bits per heavy atom. The predicted octanol–water partition coefficient (Wildman–Crippen LogP) is 13.6. The van der Waals surface area contributed by atoms with E-state index in [1.807, 2.05) is 97.1 Å². The summed E-state index contributed by atoms with van der Waals surface area (Å²) >= 11 is 0. The van der Waals surface area contributed by atoms with E-state index in [0.717, 1.165) is 44.0 Å². The highest BCUT2D eigenvalue weighted by molar-refractivity contribution is 6.21. The molecule has 0 aliphatic heterocycles. The topological polar surface area (TPSA) is 13.1 Å². The summed E-state index contributed by atoms with van der Waals surface area (Å²) in [5.74, 6) is 0. The Morgan fingerprint density at radius 3 is 1.58 bits per heavy atom. The van der Waals surface area contributed by atoms with E-state index >= 15 is 0 Å². The van der Waals surface area contributed by atoms with E-state index in [0.29, 0.717) is 16.5 Å². The van der Waals surface area contributed by atoms with Crippen LogP contribution in [0.2, 0.25) is 0 Å². The van der Waals surface area contributed by atoms with Crippen molar-refractivity contribution in [2.45, 2.75) is 6.42 Å². The molecule has 1 aromatic heterocycles. The molecular weight excluding hydrogens is 605 g/mol. The van der Waals surface area contributed by atoms with Crippen molar-refractivity contribution in [3.63, 3.8) is 0 Å². The van der Waals surface area contributed by atoms with Crippen LogP contribution < -0.4 is 0 Å². The highest BCUT2D eigenvalue weighted by atomic mass is 16.3. The molecule has 0 spiro atoms. The number of benzene rings is 9. The van der Waals surface area contributed by atoms with Crippen LogP contribution in [-0.4, -0.2) is 0 Å². The van der Waals surface area contributed by atoms with Crippen molar-refractivity contribution >= 4 is 54.3 Å². The molecular formula is C49H32O. The molecule has 10 aromatic rings. The molecule has 0 aliphatic carbocycles. The van der Waals surface area contributed by atoms with Gasteiger partial charge < -0.3 is 4.42 Å². The standard InChI is InChI=1S/C49H32O/c1-3-15-32(16-4-1)31-46-37-21-9-11-23-40(37)47(41-24-12-10-22-38(41)46)42-30-29-39(35-19-7-8-20-36(35)42)43-26-14-28-45-44-27-13-25-34(48(44)50-49(43)45)33-17-5-2-6-18-33/h1-30H,31H2/i1D,3D,4D,9D,10D,11D,12D,15D,16D,21D,22D,23D,24D. The second-order valence-electron chi connectivity index (χ2n) is 12.2. The fourth-order valence-electron chi connectivity index (χ4n) is 7.32. The van der Waals surface area contributed by atoms with Crippen LogP contribution in [0.1, 0.15) is 28.9 Å². The molecule has 0 unspecified atom stereocenters. The lowest BCUT2D eigenvalue weighted by Crippen LogP contribution is -1.96. The maximum Gasteiger partial charge on any atom is 0.143 e. The number of hydrogen-bond donors (Lipinski definition) is 0. The first-order chi connectivity index (χ1) is 30.2. The van der Waals surface area contributed by atoms with Crippen molar-refractivity contribution in [1.82, 2.24) is 0 Å². The monoisotopic (exact) mass is 649 g/mol. The molecule has 0 aliphatic rings. The predicted molar refractivity (Wildman–Crippen MR) is 212 cm³/mol. The molecule has 1 heteroatoms. The maximum absolute atomic E-state index is 9.42. The van der Waals surface area contributed by atoms with Gasteiger partial charge in [-0.15, -0.1) is 0 Å². The molecule has 9 aromatic carbocycles. The van der Waals surface area contributed by atoms with Gasteiger partial charge in [-0.2, -0.15) is 0 Å². The molecule has 0 amide bonds. The molecule has 1 heterocycles. The molecule has 0 bridgehead atoms. The minimum atomic E-state index is -0.619. The van der Waals surface area contributed by atoms with Crippen LogP contribution in [-0.2, 0) is 6.42 Å². The second-order valence-corrected chi connectivity index (χ2v) is 12.2. The van der Waals surface area contributed by atoms with Crippen molar-refractivity contribution in [2.75, 3.05) is 0 Å². The lowest BCUT2D eigenvalue weighted by molar-refractivity contribution is 0.671. The molecule has 234 valence electrons. The molecule has 0 saturated carbocycles. The summed E-state index contributed by atoms with van der Waals surface area (Å²) in [5, 5.41) is 2.96. The summed E-state index contributed by atoms with van der Waals surface area (Å²) in [6.07, 6.45) is -0.500. The van der Waals surface area contributed by atoms with Gasteiger partial charge in [0.1, 0.15) is 11.2 Å². The van der Waals surface area contributed by atoms with Gasteiger partial charge in [-0.05, 0) is 72.1 Å². The van der Waals surface area contributed by atoms with Gasteiger partial charge in [0.2, 0.25) is 0 Å². The Morgan fingerprint density at radius 2 is 0.900 bits per heavy atom. The van der Waals surface area contributed by atoms with Gasteiger partial charge in [0, 0.05) is 21.9 Å². The summed E-state index contributed by atoms with van der Waals surface area (Å²) in [5.41, 5.74) is 5.27. The van der Waals surface area contributed by atoms with Crippen molar-refractivity contribution in [1.29, 1.82) is 0 Å². The van der Waals surface area contributed by atoms with Crippen molar-refractivity contribution in [3.05, 3.63) is 193 Å². The van der Waals surface area contributed by atoms with Crippen LogP contribution in [0.3, 0.4) is 0 Å². The van der Waals surface area contributed by atoms with Gasteiger partial charge in [-0.25, -0.2) is 0 Å². The molecule has 0 radical (unpaired) electrons. The van der Waals surface area contributed by atoms with E-state index < -0.39 is 85.0 Å². The largest absolute Gasteiger partial charge is 0.455 e. The van der Waals surface area contributed by atoms with E-state index in [4.69, 9.17) is 16.8 Å². The van der Waals surface area contributed by atoms with E-state index in [1.165, 1.54) is 0 Å². The molecule has 0 N–H and O–H groups in total. The maximum atomic E-state index is 9.42. The molecule has 50 heavy (non-hydrogen) atoms. The Bertz CT molecular complexity index is 3520. The van der Waals surface area contributed by atoms with E-state index in [1.54, 1.807) is 6.07 Å². The van der Waals surface area contributed by atoms with Crippen LogP contribution in [0.5, 0.6) is 0 Å². The van der Waals surface area contributed by atoms with Crippen molar-refractivity contribution in [2.24, 2.45) is 0 Å². The number of hydrogen-bond acceptors (Lipinski definition) is 1. The first-order valence-corrected chi connectivity index (χ1v) is 16.3. The highest BCUT2D eigenvalue weighted by Gasteiger charge is 2.20. The number of rotatable bonds is 5. The smallest absolute Gasteiger partial charge is 0.143 e. The van der Waals surface area contributed by atoms with Gasteiger partial charge in [0.25, 0.3) is 0 Å². The Hall–Kier alpha value is -6.44. The average molecular weight is 650 g/mol. The van der Waals surface area contributed by atoms with Crippen LogP contribution in [0, 0.1) is 0 Å². The first kappa shape index (κ1) is 18.4.